The lowest BCUT2D eigenvalue weighted by Crippen LogP contribution is -2.56. The molecule has 0 radical (unpaired) electrons. The van der Waals surface area contributed by atoms with E-state index in [9.17, 15) is 19.2 Å². The van der Waals surface area contributed by atoms with Crippen LogP contribution in [0.25, 0.3) is 0 Å². The average molecular weight is 543 g/mol. The highest BCUT2D eigenvalue weighted by atomic mass is 35.5. The Balaban J connectivity index is 2.22. The van der Waals surface area contributed by atoms with Gasteiger partial charge >= 0.3 is 0 Å². The molecule has 0 bridgehead atoms. The lowest BCUT2D eigenvalue weighted by molar-refractivity contribution is -0.133. The molecule has 204 valence electrons. The van der Waals surface area contributed by atoms with Gasteiger partial charge in [-0.25, -0.2) is 0 Å². The molecule has 2 rings (SSSR count). The van der Waals surface area contributed by atoms with E-state index in [0.29, 0.717) is 6.42 Å². The SMILES string of the molecule is CC(=O)N[C@H](Cc1ccccc1)C(=O)N[C@@H](Cc1ccccc1)C(=O)N[C@@H](CCCN=C(N)N)C(=O)CCl. The number of nitrogens with zero attached hydrogens (tertiary/aromatic N) is 1. The number of ketones is 1. The van der Waals surface area contributed by atoms with Crippen LogP contribution in [0.4, 0.5) is 0 Å². The Bertz CT molecular complexity index is 1090. The molecule has 3 atom stereocenters. The zero-order valence-electron chi connectivity index (χ0n) is 21.4. The highest BCUT2D eigenvalue weighted by Crippen LogP contribution is 2.09. The van der Waals surface area contributed by atoms with E-state index in [4.69, 9.17) is 23.1 Å². The molecule has 11 heteroatoms. The maximum Gasteiger partial charge on any atom is 0.243 e. The fraction of sp³-hybridized carbons (Fsp3) is 0.370. The van der Waals surface area contributed by atoms with Gasteiger partial charge in [-0.05, 0) is 24.0 Å². The number of alkyl halides is 1. The largest absolute Gasteiger partial charge is 0.370 e. The van der Waals surface area contributed by atoms with Crippen LogP contribution in [-0.4, -0.2) is 60.0 Å². The van der Waals surface area contributed by atoms with Crippen LogP contribution >= 0.6 is 11.6 Å². The molecule has 0 heterocycles. The molecule has 2 aromatic rings. The number of guanidine groups is 1. The topological polar surface area (TPSA) is 169 Å². The highest BCUT2D eigenvalue weighted by molar-refractivity contribution is 6.28. The predicted octanol–water partition coefficient (Wildman–Crippen LogP) is 0.808. The van der Waals surface area contributed by atoms with E-state index in [2.05, 4.69) is 20.9 Å². The van der Waals surface area contributed by atoms with Crippen molar-refractivity contribution < 1.29 is 19.2 Å². The van der Waals surface area contributed by atoms with E-state index in [1.54, 1.807) is 0 Å². The van der Waals surface area contributed by atoms with Crippen LogP contribution in [0.3, 0.4) is 0 Å². The normalized spacial score (nSPS) is 12.9. The summed E-state index contributed by atoms with van der Waals surface area (Å²) in [5.74, 6) is -2.16. The Labute approximate surface area is 227 Å². The number of nitrogens with two attached hydrogens (primary N) is 2. The van der Waals surface area contributed by atoms with Gasteiger partial charge in [-0.15, -0.1) is 11.6 Å². The van der Waals surface area contributed by atoms with Crippen molar-refractivity contribution >= 4 is 41.1 Å². The van der Waals surface area contributed by atoms with E-state index < -0.39 is 29.9 Å². The first-order valence-electron chi connectivity index (χ1n) is 12.3. The Morgan fingerprint density at radius 1 is 0.789 bits per heavy atom. The second kappa shape index (κ2) is 16.0. The number of rotatable bonds is 15. The highest BCUT2D eigenvalue weighted by Gasteiger charge is 2.29. The van der Waals surface area contributed by atoms with Crippen LogP contribution < -0.4 is 27.4 Å². The summed E-state index contributed by atoms with van der Waals surface area (Å²) in [5, 5.41) is 8.16. The van der Waals surface area contributed by atoms with Crippen LogP contribution in [0.1, 0.15) is 30.9 Å². The Morgan fingerprint density at radius 2 is 1.26 bits per heavy atom. The molecule has 0 aliphatic heterocycles. The van der Waals surface area contributed by atoms with E-state index in [-0.39, 0.29) is 49.3 Å². The van der Waals surface area contributed by atoms with Gasteiger partial charge in [-0.3, -0.25) is 24.2 Å². The number of Topliss-reactive ketones (excluding diaryl/α,β-unsaturated/α-hetero) is 1. The maximum atomic E-state index is 13.4. The Hall–Kier alpha value is -3.92. The Kier molecular flexibility index (Phi) is 12.8. The summed E-state index contributed by atoms with van der Waals surface area (Å²) < 4.78 is 0. The van der Waals surface area contributed by atoms with Crippen molar-refractivity contribution in [3.63, 3.8) is 0 Å². The van der Waals surface area contributed by atoms with Gasteiger partial charge in [0.25, 0.3) is 0 Å². The van der Waals surface area contributed by atoms with Gasteiger partial charge in [0.15, 0.2) is 11.7 Å². The molecule has 10 nitrogen and oxygen atoms in total. The minimum absolute atomic E-state index is 0.0656. The third-order valence-corrected chi connectivity index (χ3v) is 5.94. The fourth-order valence-corrected chi connectivity index (χ4v) is 4.00. The van der Waals surface area contributed by atoms with Crippen molar-refractivity contribution in [2.24, 2.45) is 16.5 Å². The van der Waals surface area contributed by atoms with Crippen LogP contribution in [0.15, 0.2) is 65.7 Å². The van der Waals surface area contributed by atoms with Gasteiger partial charge in [0.1, 0.15) is 12.1 Å². The number of halogens is 1. The quantitative estimate of drug-likeness (QED) is 0.0965. The summed E-state index contributed by atoms with van der Waals surface area (Å²) in [6, 6.07) is 15.6. The molecule has 2 aromatic carbocycles. The van der Waals surface area contributed by atoms with Crippen molar-refractivity contribution in [2.75, 3.05) is 12.4 Å². The summed E-state index contributed by atoms with van der Waals surface area (Å²) in [6.07, 6.45) is 1.11. The van der Waals surface area contributed by atoms with E-state index in [0.717, 1.165) is 11.1 Å². The van der Waals surface area contributed by atoms with Crippen molar-refractivity contribution in [1.82, 2.24) is 16.0 Å². The van der Waals surface area contributed by atoms with Crippen LogP contribution in [0.2, 0.25) is 0 Å². The number of hydrogen-bond donors (Lipinski definition) is 5. The summed E-state index contributed by atoms with van der Waals surface area (Å²) in [4.78, 5) is 54.9. The molecule has 0 saturated carbocycles. The van der Waals surface area contributed by atoms with Crippen molar-refractivity contribution in [1.29, 1.82) is 0 Å². The monoisotopic (exact) mass is 542 g/mol. The van der Waals surface area contributed by atoms with Gasteiger partial charge in [-0.1, -0.05) is 60.7 Å². The lowest BCUT2D eigenvalue weighted by Gasteiger charge is -2.25. The van der Waals surface area contributed by atoms with Crippen molar-refractivity contribution in [3.05, 3.63) is 71.8 Å². The van der Waals surface area contributed by atoms with Crippen molar-refractivity contribution in [3.8, 4) is 0 Å². The minimum Gasteiger partial charge on any atom is -0.370 e. The molecule has 7 N–H and O–H groups in total. The second-order valence-electron chi connectivity index (χ2n) is 8.80. The van der Waals surface area contributed by atoms with Gasteiger partial charge < -0.3 is 27.4 Å². The molecule has 0 saturated heterocycles. The zero-order chi connectivity index (χ0) is 27.9. The molecule has 0 fully saturated rings. The minimum atomic E-state index is -1.01. The first-order chi connectivity index (χ1) is 18.2. The van der Waals surface area contributed by atoms with E-state index in [1.807, 2.05) is 60.7 Å². The molecule has 3 amide bonds. The number of hydrogen-bond acceptors (Lipinski definition) is 5. The number of aliphatic imine (C=N–C) groups is 1. The Morgan fingerprint density at radius 3 is 1.71 bits per heavy atom. The third kappa shape index (κ3) is 11.0. The van der Waals surface area contributed by atoms with Gasteiger partial charge in [0, 0.05) is 26.3 Å². The average Bonchev–Trinajstić information content (AvgIpc) is 2.89. The summed E-state index contributed by atoms with van der Waals surface area (Å²) in [5.41, 5.74) is 12.3. The lowest BCUT2D eigenvalue weighted by atomic mass is 10.0. The molecule has 0 aromatic heterocycles. The second-order valence-corrected chi connectivity index (χ2v) is 9.07. The summed E-state index contributed by atoms with van der Waals surface area (Å²) >= 11 is 5.78. The predicted molar refractivity (Wildman–Crippen MR) is 147 cm³/mol. The smallest absolute Gasteiger partial charge is 0.243 e. The van der Waals surface area contributed by atoms with E-state index >= 15 is 0 Å². The zero-order valence-corrected chi connectivity index (χ0v) is 22.1. The van der Waals surface area contributed by atoms with Gasteiger partial charge in [-0.2, -0.15) is 0 Å². The molecule has 0 aliphatic carbocycles. The van der Waals surface area contributed by atoms with Crippen LogP contribution in [0, 0.1) is 0 Å². The molecule has 38 heavy (non-hydrogen) atoms. The molecular weight excluding hydrogens is 508 g/mol. The summed E-state index contributed by atoms with van der Waals surface area (Å²) in [6.45, 7) is 1.61. The first kappa shape index (κ1) is 30.3. The maximum absolute atomic E-state index is 13.4. The third-order valence-electron chi connectivity index (χ3n) is 5.67. The first-order valence-corrected chi connectivity index (χ1v) is 12.8. The van der Waals surface area contributed by atoms with E-state index in [1.165, 1.54) is 6.92 Å². The number of amides is 3. The summed E-state index contributed by atoms with van der Waals surface area (Å²) in [7, 11) is 0. The molecular formula is C27H35ClN6O4. The van der Waals surface area contributed by atoms with Gasteiger partial charge in [0.2, 0.25) is 17.7 Å². The number of nitrogens with one attached hydrogen (secondary N) is 3. The molecule has 0 aliphatic rings. The van der Waals surface area contributed by atoms with Gasteiger partial charge in [0.05, 0.1) is 11.9 Å². The number of carbonyl (C=O) groups is 4. The van der Waals surface area contributed by atoms with Crippen LogP contribution in [-0.2, 0) is 32.0 Å². The molecule has 0 unspecified atom stereocenters. The standard InChI is InChI=1S/C27H35ClN6O4/c1-18(35)32-22(15-19-9-4-2-5-10-19)25(37)34-23(16-20-11-6-3-7-12-20)26(38)33-21(24(36)17-28)13-8-14-31-27(29)30/h2-7,9-12,21-23H,8,13-17H2,1H3,(H,32,35)(H,33,38)(H,34,37)(H4,29,30,31)/t21-,22+,23-/m0/s1. The fourth-order valence-electron chi connectivity index (χ4n) is 3.82. The molecule has 0 spiro atoms. The van der Waals surface area contributed by atoms with Crippen molar-refractivity contribution in [2.45, 2.75) is 50.7 Å². The van der Waals surface area contributed by atoms with Crippen LogP contribution in [0.5, 0.6) is 0 Å². The number of carbonyl (C=O) groups excluding carboxylic acids is 4. The number of benzene rings is 2.